The number of nitrogens with zero attached hydrogens (tertiary/aromatic N) is 1. The lowest BCUT2D eigenvalue weighted by molar-refractivity contribution is -0.107. The second-order valence-electron chi connectivity index (χ2n) is 5.41. The van der Waals surface area contributed by atoms with Gasteiger partial charge in [-0.25, -0.2) is 0 Å². The van der Waals surface area contributed by atoms with Gasteiger partial charge >= 0.3 is 0 Å². The van der Waals surface area contributed by atoms with Gasteiger partial charge in [-0.1, -0.05) is 32.6 Å². The van der Waals surface area contributed by atoms with Crippen LogP contribution in [0.2, 0.25) is 0 Å². The van der Waals surface area contributed by atoms with Crippen molar-refractivity contribution in [2.24, 2.45) is 0 Å². The minimum atomic E-state index is 0.701. The fourth-order valence-electron chi connectivity index (χ4n) is 2.73. The van der Waals surface area contributed by atoms with Crippen LogP contribution >= 0.6 is 0 Å². The van der Waals surface area contributed by atoms with Crippen molar-refractivity contribution in [3.8, 4) is 0 Å². The zero-order valence-electron chi connectivity index (χ0n) is 12.0. The predicted octanol–water partition coefficient (Wildman–Crippen LogP) is 2.60. The molecular formula is C15H30N2O. The van der Waals surface area contributed by atoms with Crippen LogP contribution in [0.4, 0.5) is 0 Å². The fourth-order valence-corrected chi connectivity index (χ4v) is 2.73. The second-order valence-corrected chi connectivity index (χ2v) is 5.41. The van der Waals surface area contributed by atoms with Crippen molar-refractivity contribution >= 4 is 6.29 Å². The predicted molar refractivity (Wildman–Crippen MR) is 76.9 cm³/mol. The number of nitrogens with one attached hydrogen (secondary N) is 1. The first kappa shape index (κ1) is 15.6. The summed E-state index contributed by atoms with van der Waals surface area (Å²) < 4.78 is 0. The van der Waals surface area contributed by atoms with Gasteiger partial charge in [0.15, 0.2) is 0 Å². The number of carbonyl (C=O) groups excluding carboxylic acids is 1. The molecule has 18 heavy (non-hydrogen) atoms. The molecular weight excluding hydrogens is 224 g/mol. The van der Waals surface area contributed by atoms with E-state index in [1.165, 1.54) is 51.6 Å². The molecule has 1 N–H and O–H groups in total. The Labute approximate surface area is 112 Å². The largest absolute Gasteiger partial charge is 0.314 e. The van der Waals surface area contributed by atoms with E-state index in [2.05, 4.69) is 17.1 Å². The van der Waals surface area contributed by atoms with Crippen LogP contribution in [0, 0.1) is 0 Å². The van der Waals surface area contributed by atoms with Crippen molar-refractivity contribution in [2.75, 3.05) is 26.2 Å². The van der Waals surface area contributed by atoms with E-state index in [4.69, 9.17) is 0 Å². The molecule has 1 saturated heterocycles. The van der Waals surface area contributed by atoms with E-state index < -0.39 is 0 Å². The Balaban J connectivity index is 2.17. The molecule has 0 amide bonds. The van der Waals surface area contributed by atoms with Crippen LogP contribution in [0.15, 0.2) is 0 Å². The van der Waals surface area contributed by atoms with E-state index in [0.717, 1.165) is 32.2 Å². The summed E-state index contributed by atoms with van der Waals surface area (Å²) in [5.74, 6) is 0. The average Bonchev–Trinajstić information content (AvgIpc) is 2.41. The molecule has 0 aliphatic carbocycles. The van der Waals surface area contributed by atoms with Gasteiger partial charge in [0.05, 0.1) is 0 Å². The molecule has 1 unspecified atom stereocenters. The van der Waals surface area contributed by atoms with Gasteiger partial charge in [0.2, 0.25) is 0 Å². The summed E-state index contributed by atoms with van der Waals surface area (Å²) in [6, 6.07) is 0.701. The topological polar surface area (TPSA) is 32.3 Å². The maximum atomic E-state index is 10.3. The molecule has 3 heteroatoms. The highest BCUT2D eigenvalue weighted by Crippen LogP contribution is 2.13. The van der Waals surface area contributed by atoms with Gasteiger partial charge in [-0.15, -0.1) is 0 Å². The standard InChI is InChI=1S/C15H30N2O/c1-2-3-4-7-11-17-12-10-16-14-15(17)9-6-5-8-13-18/h13,15-16H,2-12,14H2,1H3. The van der Waals surface area contributed by atoms with E-state index in [-0.39, 0.29) is 0 Å². The van der Waals surface area contributed by atoms with Crippen LogP contribution in [-0.4, -0.2) is 43.4 Å². The lowest BCUT2D eigenvalue weighted by atomic mass is 10.0. The maximum absolute atomic E-state index is 10.3. The third kappa shape index (κ3) is 6.50. The number of carbonyl (C=O) groups is 1. The molecule has 1 rings (SSSR count). The van der Waals surface area contributed by atoms with E-state index >= 15 is 0 Å². The van der Waals surface area contributed by atoms with Gasteiger partial charge in [0.1, 0.15) is 6.29 Å². The summed E-state index contributed by atoms with van der Waals surface area (Å²) in [6.45, 7) is 7.00. The number of hydrogen-bond donors (Lipinski definition) is 1. The molecule has 1 heterocycles. The first-order valence-electron chi connectivity index (χ1n) is 7.77. The Bertz CT molecular complexity index is 209. The van der Waals surface area contributed by atoms with Crippen LogP contribution in [0.5, 0.6) is 0 Å². The molecule has 1 aliphatic heterocycles. The fraction of sp³-hybridized carbons (Fsp3) is 0.933. The van der Waals surface area contributed by atoms with Crippen molar-refractivity contribution in [1.29, 1.82) is 0 Å². The first-order valence-corrected chi connectivity index (χ1v) is 7.77. The van der Waals surface area contributed by atoms with Crippen molar-refractivity contribution in [1.82, 2.24) is 10.2 Å². The smallest absolute Gasteiger partial charge is 0.119 e. The van der Waals surface area contributed by atoms with Gasteiger partial charge in [0, 0.05) is 32.1 Å². The van der Waals surface area contributed by atoms with Crippen LogP contribution in [0.25, 0.3) is 0 Å². The molecule has 0 saturated carbocycles. The van der Waals surface area contributed by atoms with Crippen LogP contribution in [0.1, 0.15) is 58.3 Å². The summed E-state index contributed by atoms with van der Waals surface area (Å²) in [7, 11) is 0. The number of hydrogen-bond acceptors (Lipinski definition) is 3. The molecule has 0 aromatic rings. The van der Waals surface area contributed by atoms with Crippen molar-refractivity contribution in [3.05, 3.63) is 0 Å². The highest BCUT2D eigenvalue weighted by Gasteiger charge is 2.20. The second kappa shape index (κ2) is 10.5. The summed E-state index contributed by atoms with van der Waals surface area (Å²) in [5.41, 5.74) is 0. The van der Waals surface area contributed by atoms with Crippen LogP contribution < -0.4 is 5.32 Å². The third-order valence-corrected chi connectivity index (χ3v) is 3.88. The van der Waals surface area contributed by atoms with Gasteiger partial charge in [-0.2, -0.15) is 0 Å². The molecule has 0 bridgehead atoms. The van der Waals surface area contributed by atoms with E-state index in [0.29, 0.717) is 6.04 Å². The van der Waals surface area contributed by atoms with Crippen LogP contribution in [-0.2, 0) is 4.79 Å². The molecule has 0 aromatic carbocycles. The maximum Gasteiger partial charge on any atom is 0.119 e. The normalized spacial score (nSPS) is 21.1. The highest BCUT2D eigenvalue weighted by molar-refractivity contribution is 5.48. The number of piperazine rings is 1. The van der Waals surface area contributed by atoms with Crippen molar-refractivity contribution in [2.45, 2.75) is 64.3 Å². The minimum absolute atomic E-state index is 0.701. The van der Waals surface area contributed by atoms with Gasteiger partial charge in [-0.3, -0.25) is 4.90 Å². The van der Waals surface area contributed by atoms with E-state index in [1.54, 1.807) is 0 Å². The summed E-state index contributed by atoms with van der Waals surface area (Å²) in [4.78, 5) is 13.0. The summed E-state index contributed by atoms with van der Waals surface area (Å²) in [5, 5.41) is 3.50. The van der Waals surface area contributed by atoms with Gasteiger partial charge < -0.3 is 10.1 Å². The lowest BCUT2D eigenvalue weighted by Crippen LogP contribution is -2.51. The quantitative estimate of drug-likeness (QED) is 0.480. The lowest BCUT2D eigenvalue weighted by Gasteiger charge is -2.36. The van der Waals surface area contributed by atoms with Crippen molar-refractivity contribution < 1.29 is 4.79 Å². The molecule has 1 aliphatic rings. The molecule has 3 nitrogen and oxygen atoms in total. The SMILES string of the molecule is CCCCCCN1CCNCC1CCCCC=O. The molecule has 0 aromatic heterocycles. The Morgan fingerprint density at radius 1 is 1.22 bits per heavy atom. The van der Waals surface area contributed by atoms with Gasteiger partial charge in [0.25, 0.3) is 0 Å². The number of aldehydes is 1. The zero-order valence-corrected chi connectivity index (χ0v) is 12.0. The summed E-state index contributed by atoms with van der Waals surface area (Å²) >= 11 is 0. The van der Waals surface area contributed by atoms with Gasteiger partial charge in [-0.05, 0) is 25.8 Å². The first-order chi connectivity index (χ1) is 8.88. The monoisotopic (exact) mass is 254 g/mol. The van der Waals surface area contributed by atoms with Crippen LogP contribution in [0.3, 0.4) is 0 Å². The molecule has 0 radical (unpaired) electrons. The molecule has 1 atom stereocenters. The Kier molecular flexibility index (Phi) is 9.13. The van der Waals surface area contributed by atoms with E-state index in [9.17, 15) is 4.79 Å². The van der Waals surface area contributed by atoms with E-state index in [1.807, 2.05) is 0 Å². The van der Waals surface area contributed by atoms with Crippen molar-refractivity contribution in [3.63, 3.8) is 0 Å². The zero-order chi connectivity index (χ0) is 13.1. The highest BCUT2D eigenvalue weighted by atomic mass is 16.1. The summed E-state index contributed by atoms with van der Waals surface area (Å²) in [6.07, 6.45) is 10.7. The molecule has 0 spiro atoms. The average molecular weight is 254 g/mol. The number of rotatable bonds is 10. The minimum Gasteiger partial charge on any atom is -0.314 e. The Morgan fingerprint density at radius 2 is 2.11 bits per heavy atom. The number of unbranched alkanes of at least 4 members (excludes halogenated alkanes) is 5. The Morgan fingerprint density at radius 3 is 2.89 bits per heavy atom. The third-order valence-electron chi connectivity index (χ3n) is 3.88. The molecule has 1 fully saturated rings. The Hall–Kier alpha value is -0.410. The molecule has 106 valence electrons.